The summed E-state index contributed by atoms with van der Waals surface area (Å²) in [4.78, 5) is 0. The maximum Gasteiger partial charge on any atom is 0.123 e. The molecule has 4 N–H and O–H groups in total. The van der Waals surface area contributed by atoms with Crippen molar-refractivity contribution in [1.29, 1.82) is 0 Å². The summed E-state index contributed by atoms with van der Waals surface area (Å²) in [6, 6.07) is 9.69. The first kappa shape index (κ1) is 15.9. The SMILES string of the molecule is Oc1ccc(C2(c3ccc(O)cc3O)C3CC4CC(C3)CC2C4)c(O)c1. The Labute approximate surface area is 152 Å². The minimum atomic E-state index is -0.469. The predicted molar refractivity (Wildman–Crippen MR) is 97.4 cm³/mol. The fraction of sp³-hybridized carbons (Fsp3) is 0.455. The highest BCUT2D eigenvalue weighted by molar-refractivity contribution is 5.56. The Morgan fingerprint density at radius 1 is 0.615 bits per heavy atom. The molecule has 4 bridgehead atoms. The molecule has 4 fully saturated rings. The van der Waals surface area contributed by atoms with Crippen molar-refractivity contribution in [3.05, 3.63) is 47.5 Å². The van der Waals surface area contributed by atoms with Crippen LogP contribution in [-0.4, -0.2) is 20.4 Å². The minimum Gasteiger partial charge on any atom is -0.508 e. The van der Waals surface area contributed by atoms with E-state index in [0.29, 0.717) is 11.8 Å². The zero-order valence-corrected chi connectivity index (χ0v) is 14.6. The fourth-order valence-corrected chi connectivity index (χ4v) is 6.69. The lowest BCUT2D eigenvalue weighted by Crippen LogP contribution is -2.56. The minimum absolute atomic E-state index is 0.0418. The molecule has 0 amide bonds. The Bertz CT molecular complexity index is 791. The van der Waals surface area contributed by atoms with Crippen LogP contribution in [0.4, 0.5) is 0 Å². The molecule has 0 atom stereocenters. The third kappa shape index (κ3) is 2.01. The number of aromatic hydroxyl groups is 4. The number of benzene rings is 2. The van der Waals surface area contributed by atoms with E-state index in [1.807, 2.05) is 12.1 Å². The van der Waals surface area contributed by atoms with E-state index < -0.39 is 5.41 Å². The average molecular weight is 352 g/mol. The fourth-order valence-electron chi connectivity index (χ4n) is 6.69. The summed E-state index contributed by atoms with van der Waals surface area (Å²) in [6.07, 6.45) is 5.73. The monoisotopic (exact) mass is 352 g/mol. The van der Waals surface area contributed by atoms with Crippen molar-refractivity contribution in [1.82, 2.24) is 0 Å². The van der Waals surface area contributed by atoms with Gasteiger partial charge in [-0.25, -0.2) is 0 Å². The van der Waals surface area contributed by atoms with Crippen LogP contribution >= 0.6 is 0 Å². The Morgan fingerprint density at radius 2 is 1.04 bits per heavy atom. The first-order valence-electron chi connectivity index (χ1n) is 9.53. The lowest BCUT2D eigenvalue weighted by atomic mass is 9.42. The summed E-state index contributed by atoms with van der Waals surface area (Å²) in [5.41, 5.74) is 1.12. The van der Waals surface area contributed by atoms with Crippen LogP contribution in [0, 0.1) is 23.7 Å². The van der Waals surface area contributed by atoms with Crippen LogP contribution in [0.1, 0.15) is 43.2 Å². The molecule has 2 aromatic rings. The van der Waals surface area contributed by atoms with Gasteiger partial charge >= 0.3 is 0 Å². The van der Waals surface area contributed by atoms with Gasteiger partial charge < -0.3 is 20.4 Å². The number of rotatable bonds is 2. The molecule has 0 spiro atoms. The van der Waals surface area contributed by atoms with Crippen molar-refractivity contribution >= 4 is 0 Å². The quantitative estimate of drug-likeness (QED) is 0.651. The van der Waals surface area contributed by atoms with Crippen molar-refractivity contribution in [2.24, 2.45) is 23.7 Å². The summed E-state index contributed by atoms with van der Waals surface area (Å²) in [6.45, 7) is 0. The topological polar surface area (TPSA) is 80.9 Å². The van der Waals surface area contributed by atoms with Crippen LogP contribution in [0.5, 0.6) is 23.0 Å². The second-order valence-electron chi connectivity index (χ2n) is 8.58. The van der Waals surface area contributed by atoms with E-state index in [-0.39, 0.29) is 23.0 Å². The van der Waals surface area contributed by atoms with Crippen molar-refractivity contribution in [2.45, 2.75) is 37.5 Å². The molecule has 4 aliphatic rings. The highest BCUT2D eigenvalue weighted by Gasteiger charge is 2.60. The molecule has 26 heavy (non-hydrogen) atoms. The zero-order chi connectivity index (χ0) is 18.1. The van der Waals surface area contributed by atoms with Gasteiger partial charge in [-0.3, -0.25) is 0 Å². The van der Waals surface area contributed by atoms with Crippen LogP contribution in [-0.2, 0) is 5.41 Å². The number of hydrogen-bond acceptors (Lipinski definition) is 4. The van der Waals surface area contributed by atoms with Gasteiger partial charge in [0.05, 0.1) is 0 Å². The summed E-state index contributed by atoms with van der Waals surface area (Å²) >= 11 is 0. The molecule has 0 unspecified atom stereocenters. The largest absolute Gasteiger partial charge is 0.508 e. The lowest BCUT2D eigenvalue weighted by Gasteiger charge is -2.62. The van der Waals surface area contributed by atoms with E-state index in [4.69, 9.17) is 0 Å². The maximum absolute atomic E-state index is 10.8. The molecular weight excluding hydrogens is 328 g/mol. The van der Waals surface area contributed by atoms with Gasteiger partial charge in [-0.05, 0) is 67.9 Å². The summed E-state index contributed by atoms with van der Waals surface area (Å²) in [5.74, 6) is 2.44. The van der Waals surface area contributed by atoms with Crippen LogP contribution in [0.25, 0.3) is 0 Å². The second-order valence-corrected chi connectivity index (χ2v) is 8.58. The molecule has 0 aromatic heterocycles. The highest BCUT2D eigenvalue weighted by atomic mass is 16.3. The van der Waals surface area contributed by atoms with E-state index in [9.17, 15) is 20.4 Å². The number of phenolic OH excluding ortho intramolecular Hbond substituents is 4. The third-order valence-corrected chi connectivity index (χ3v) is 7.28. The summed E-state index contributed by atoms with van der Waals surface area (Å²) < 4.78 is 0. The molecule has 0 aliphatic heterocycles. The van der Waals surface area contributed by atoms with Gasteiger partial charge in [0.15, 0.2) is 0 Å². The van der Waals surface area contributed by atoms with Crippen molar-refractivity contribution in [3.8, 4) is 23.0 Å². The van der Waals surface area contributed by atoms with Crippen LogP contribution in [0.15, 0.2) is 36.4 Å². The normalized spacial score (nSPS) is 31.2. The summed E-state index contributed by atoms with van der Waals surface area (Å²) in [7, 11) is 0. The molecule has 0 heterocycles. The van der Waals surface area contributed by atoms with Crippen molar-refractivity contribution < 1.29 is 20.4 Å². The van der Waals surface area contributed by atoms with E-state index >= 15 is 0 Å². The van der Waals surface area contributed by atoms with Crippen molar-refractivity contribution in [2.75, 3.05) is 0 Å². The molecule has 0 radical (unpaired) electrons. The molecular formula is C22H24O4. The molecule has 4 saturated carbocycles. The zero-order valence-electron chi connectivity index (χ0n) is 14.6. The van der Waals surface area contributed by atoms with Crippen LogP contribution < -0.4 is 0 Å². The van der Waals surface area contributed by atoms with Gasteiger partial charge in [-0.15, -0.1) is 0 Å². The molecule has 0 saturated heterocycles. The highest BCUT2D eigenvalue weighted by Crippen LogP contribution is 2.67. The van der Waals surface area contributed by atoms with Gasteiger partial charge in [0, 0.05) is 28.7 Å². The van der Waals surface area contributed by atoms with E-state index in [0.717, 1.165) is 48.6 Å². The molecule has 4 heteroatoms. The second kappa shape index (κ2) is 5.32. The summed E-state index contributed by atoms with van der Waals surface area (Å²) in [5, 5.41) is 41.1. The standard InChI is InChI=1S/C22H24O4/c23-16-1-3-18(20(25)10-16)22(19-4-2-17(24)11-21(19)26)14-6-12-5-13(8-14)9-15(22)7-12/h1-4,10-15,23-26H,5-9H2. The lowest BCUT2D eigenvalue weighted by molar-refractivity contribution is -0.0434. The maximum atomic E-state index is 10.8. The van der Waals surface area contributed by atoms with Crippen LogP contribution in [0.2, 0.25) is 0 Å². The average Bonchev–Trinajstić information content (AvgIpc) is 2.56. The van der Waals surface area contributed by atoms with Gasteiger partial charge in [-0.2, -0.15) is 0 Å². The first-order valence-corrected chi connectivity index (χ1v) is 9.53. The van der Waals surface area contributed by atoms with E-state index in [2.05, 4.69) is 0 Å². The van der Waals surface area contributed by atoms with Crippen molar-refractivity contribution in [3.63, 3.8) is 0 Å². The molecule has 2 aromatic carbocycles. The Morgan fingerprint density at radius 3 is 1.42 bits per heavy atom. The Kier molecular flexibility index (Phi) is 3.25. The van der Waals surface area contributed by atoms with Gasteiger partial charge in [0.1, 0.15) is 23.0 Å². The molecule has 6 rings (SSSR count). The number of phenols is 4. The molecule has 4 aliphatic carbocycles. The van der Waals surface area contributed by atoms with E-state index in [1.54, 1.807) is 12.1 Å². The number of hydrogen-bond donors (Lipinski definition) is 4. The van der Waals surface area contributed by atoms with Gasteiger partial charge in [0.2, 0.25) is 0 Å². The third-order valence-electron chi connectivity index (χ3n) is 7.28. The van der Waals surface area contributed by atoms with Gasteiger partial charge in [0.25, 0.3) is 0 Å². The Hall–Kier alpha value is -2.36. The van der Waals surface area contributed by atoms with Gasteiger partial charge in [-0.1, -0.05) is 12.1 Å². The van der Waals surface area contributed by atoms with Crippen LogP contribution in [0.3, 0.4) is 0 Å². The molecule has 136 valence electrons. The molecule has 4 nitrogen and oxygen atoms in total. The smallest absolute Gasteiger partial charge is 0.123 e. The van der Waals surface area contributed by atoms with E-state index in [1.165, 1.54) is 18.6 Å². The first-order chi connectivity index (χ1) is 12.5. The Balaban J connectivity index is 1.79. The predicted octanol–water partition coefficient (Wildman–Crippen LogP) is 4.25.